The number of piperidine rings is 1. The summed E-state index contributed by atoms with van der Waals surface area (Å²) in [5, 5.41) is 12.1. The molecule has 3 aliphatic heterocycles. The molecule has 2 bridgehead atoms. The number of methoxy groups -OCH3 is 2. The number of aromatic nitrogens is 2. The topological polar surface area (TPSA) is 101 Å². The number of nitriles is 1. The number of aryl methyl sites for hydroxylation is 1. The van der Waals surface area contributed by atoms with Gasteiger partial charge < -0.3 is 18.9 Å². The molecule has 3 saturated heterocycles. The highest BCUT2D eigenvalue weighted by molar-refractivity contribution is 7.10. The van der Waals surface area contributed by atoms with Crippen LogP contribution < -0.4 is 15.0 Å². The molecule has 202 valence electrons. The standard InChI is InChI=1S/C29H31N5O4S/c1-17-18(2)28(35)32(3)15-23(17)19-8-25(37-4)24(26(9-19)38-5)16-34-21-11-22(34)14-33(13-21)29(36)20(12-30)10-27-31-6-7-39-27/h6-10,15,21-22H,11,13-14,16H2,1-5H3/b20-10+. The minimum Gasteiger partial charge on any atom is -0.496 e. The molecular weight excluding hydrogens is 514 g/mol. The van der Waals surface area contributed by atoms with Crippen LogP contribution in [0.25, 0.3) is 17.2 Å². The minimum atomic E-state index is -0.246. The van der Waals surface area contributed by atoms with Gasteiger partial charge in [0, 0.05) is 67.7 Å². The quantitative estimate of drug-likeness (QED) is 0.331. The van der Waals surface area contributed by atoms with Crippen LogP contribution in [0.4, 0.5) is 0 Å². The summed E-state index contributed by atoms with van der Waals surface area (Å²) >= 11 is 1.39. The van der Waals surface area contributed by atoms with Crippen molar-refractivity contribution >= 4 is 23.3 Å². The van der Waals surface area contributed by atoms with E-state index in [9.17, 15) is 14.9 Å². The van der Waals surface area contributed by atoms with E-state index in [0.717, 1.165) is 28.7 Å². The van der Waals surface area contributed by atoms with Gasteiger partial charge in [0.2, 0.25) is 0 Å². The Kier molecular flexibility index (Phi) is 7.30. The second kappa shape index (κ2) is 10.7. The van der Waals surface area contributed by atoms with Crippen molar-refractivity contribution in [1.82, 2.24) is 19.4 Å². The van der Waals surface area contributed by atoms with E-state index in [-0.39, 0.29) is 29.1 Å². The van der Waals surface area contributed by atoms with Gasteiger partial charge in [-0.2, -0.15) is 5.26 Å². The van der Waals surface area contributed by atoms with Gasteiger partial charge in [-0.1, -0.05) is 0 Å². The van der Waals surface area contributed by atoms with Crippen molar-refractivity contribution < 1.29 is 14.3 Å². The normalized spacial score (nSPS) is 18.9. The van der Waals surface area contributed by atoms with Crippen molar-refractivity contribution in [3.05, 3.63) is 67.5 Å². The van der Waals surface area contributed by atoms with Crippen LogP contribution in [0.5, 0.6) is 11.5 Å². The number of carbonyl (C=O) groups excluding carboxylic acids is 1. The number of amides is 1. The number of hydrogen-bond acceptors (Lipinski definition) is 8. The van der Waals surface area contributed by atoms with Crippen molar-refractivity contribution in [2.45, 2.75) is 38.9 Å². The zero-order chi connectivity index (χ0) is 27.8. The van der Waals surface area contributed by atoms with Crippen LogP contribution in [0.1, 0.15) is 28.1 Å². The van der Waals surface area contributed by atoms with Crippen molar-refractivity contribution in [3.8, 4) is 28.7 Å². The summed E-state index contributed by atoms with van der Waals surface area (Å²) in [6.45, 7) is 5.54. The van der Waals surface area contributed by atoms with Crippen LogP contribution in [0.3, 0.4) is 0 Å². The van der Waals surface area contributed by atoms with Crippen LogP contribution in [0.15, 0.2) is 40.3 Å². The highest BCUT2D eigenvalue weighted by atomic mass is 32.1. The number of carbonyl (C=O) groups is 1. The van der Waals surface area contributed by atoms with E-state index in [0.29, 0.717) is 41.7 Å². The third-order valence-corrected chi connectivity index (χ3v) is 8.61. The van der Waals surface area contributed by atoms with Crippen molar-refractivity contribution in [1.29, 1.82) is 5.26 Å². The third-order valence-electron chi connectivity index (χ3n) is 7.89. The highest BCUT2D eigenvalue weighted by Gasteiger charge is 2.46. The first-order chi connectivity index (χ1) is 18.7. The molecule has 2 atom stereocenters. The molecule has 39 heavy (non-hydrogen) atoms. The molecule has 9 nitrogen and oxygen atoms in total. The Bertz CT molecular complexity index is 1520. The zero-order valence-electron chi connectivity index (χ0n) is 22.7. The van der Waals surface area contributed by atoms with E-state index in [1.165, 1.54) is 11.3 Å². The molecule has 1 amide bonds. The fourth-order valence-corrected chi connectivity index (χ4v) is 6.17. The fourth-order valence-electron chi connectivity index (χ4n) is 5.60. The number of hydrogen-bond donors (Lipinski definition) is 0. The molecule has 0 spiro atoms. The Hall–Kier alpha value is -3.94. The number of thiazole rings is 1. The van der Waals surface area contributed by atoms with E-state index in [4.69, 9.17) is 9.47 Å². The SMILES string of the molecule is COc1cc(-c2cn(C)c(=O)c(C)c2C)cc(OC)c1CN1C2CC1CN(C(=O)/C(C#N)=C/c1nccs1)C2. The fraction of sp³-hybridized carbons (Fsp3) is 0.379. The molecular formula is C29H31N5O4S. The number of rotatable bonds is 7. The Balaban J connectivity index is 1.37. The Morgan fingerprint density at radius 3 is 2.41 bits per heavy atom. The third kappa shape index (κ3) is 4.84. The molecule has 10 heteroatoms. The van der Waals surface area contributed by atoms with Gasteiger partial charge >= 0.3 is 0 Å². The molecule has 2 aromatic heterocycles. The number of nitrogens with zero attached hydrogens (tertiary/aromatic N) is 5. The first kappa shape index (κ1) is 26.7. The predicted octanol–water partition coefficient (Wildman–Crippen LogP) is 3.54. The lowest BCUT2D eigenvalue weighted by molar-refractivity contribution is -0.140. The van der Waals surface area contributed by atoms with E-state index in [2.05, 4.69) is 16.0 Å². The molecule has 3 aliphatic rings. The summed E-state index contributed by atoms with van der Waals surface area (Å²) in [6.07, 6.45) is 6.07. The molecule has 5 heterocycles. The lowest BCUT2D eigenvalue weighted by atomic mass is 9.86. The summed E-state index contributed by atoms with van der Waals surface area (Å²) < 4.78 is 13.3. The Labute approximate surface area is 231 Å². The van der Waals surface area contributed by atoms with Gasteiger partial charge in [0.15, 0.2) is 0 Å². The molecule has 2 unspecified atom stereocenters. The summed E-state index contributed by atoms with van der Waals surface area (Å²) in [5.74, 6) is 1.18. The summed E-state index contributed by atoms with van der Waals surface area (Å²) in [4.78, 5) is 33.8. The molecule has 0 radical (unpaired) electrons. The summed E-state index contributed by atoms with van der Waals surface area (Å²) in [6, 6.07) is 6.43. The molecule has 1 aromatic carbocycles. The minimum absolute atomic E-state index is 0.00998. The smallest absolute Gasteiger partial charge is 0.264 e. The van der Waals surface area contributed by atoms with E-state index in [1.807, 2.05) is 37.6 Å². The van der Waals surface area contributed by atoms with Gasteiger partial charge in [-0.25, -0.2) is 4.98 Å². The van der Waals surface area contributed by atoms with E-state index >= 15 is 0 Å². The second-order valence-corrected chi connectivity index (χ2v) is 11.0. The molecule has 3 fully saturated rings. The van der Waals surface area contributed by atoms with Crippen molar-refractivity contribution in [2.75, 3.05) is 27.3 Å². The van der Waals surface area contributed by atoms with Crippen LogP contribution in [0, 0.1) is 25.2 Å². The average Bonchev–Trinajstić information content (AvgIpc) is 3.48. The first-order valence-corrected chi connectivity index (χ1v) is 13.6. The van der Waals surface area contributed by atoms with Crippen LogP contribution >= 0.6 is 11.3 Å². The van der Waals surface area contributed by atoms with Gasteiger partial charge in [0.25, 0.3) is 11.5 Å². The van der Waals surface area contributed by atoms with Crippen molar-refractivity contribution in [2.24, 2.45) is 7.05 Å². The monoisotopic (exact) mass is 545 g/mol. The van der Waals surface area contributed by atoms with Crippen molar-refractivity contribution in [3.63, 3.8) is 0 Å². The molecule has 3 aromatic rings. The molecule has 0 saturated carbocycles. The Morgan fingerprint density at radius 2 is 1.85 bits per heavy atom. The predicted molar refractivity (Wildman–Crippen MR) is 150 cm³/mol. The molecule has 6 rings (SSSR count). The van der Waals surface area contributed by atoms with Gasteiger partial charge in [-0.15, -0.1) is 11.3 Å². The van der Waals surface area contributed by atoms with E-state index < -0.39 is 0 Å². The lowest BCUT2D eigenvalue weighted by Crippen LogP contribution is -2.68. The van der Waals surface area contributed by atoms with Gasteiger partial charge in [-0.05, 0) is 49.6 Å². The average molecular weight is 546 g/mol. The maximum atomic E-state index is 13.1. The lowest BCUT2D eigenvalue weighted by Gasteiger charge is -2.56. The molecule has 0 aliphatic carbocycles. The van der Waals surface area contributed by atoms with Gasteiger partial charge in [0.05, 0.1) is 19.8 Å². The first-order valence-electron chi connectivity index (χ1n) is 12.7. The Morgan fingerprint density at radius 1 is 1.18 bits per heavy atom. The number of ether oxygens (including phenoxy) is 2. The number of benzene rings is 1. The van der Waals surface area contributed by atoms with Crippen LogP contribution in [-0.4, -0.2) is 64.7 Å². The maximum absolute atomic E-state index is 13.1. The van der Waals surface area contributed by atoms with Crippen LogP contribution in [-0.2, 0) is 18.4 Å². The highest BCUT2D eigenvalue weighted by Crippen LogP contribution is 2.41. The molecule has 0 N–H and O–H groups in total. The number of pyridine rings is 1. The van der Waals surface area contributed by atoms with Gasteiger partial charge in [0.1, 0.15) is 28.1 Å². The number of piperazine rings is 1. The number of fused-ring (bicyclic) bond motifs is 2. The summed E-state index contributed by atoms with van der Waals surface area (Å²) in [7, 11) is 5.05. The van der Waals surface area contributed by atoms with E-state index in [1.54, 1.807) is 43.0 Å². The zero-order valence-corrected chi connectivity index (χ0v) is 23.5. The largest absolute Gasteiger partial charge is 0.496 e. The van der Waals surface area contributed by atoms with Gasteiger partial charge in [-0.3, -0.25) is 14.5 Å². The maximum Gasteiger partial charge on any atom is 0.264 e. The summed E-state index contributed by atoms with van der Waals surface area (Å²) in [5.41, 5.74) is 4.55. The second-order valence-electron chi connectivity index (χ2n) is 10.0. The van der Waals surface area contributed by atoms with Crippen LogP contribution in [0.2, 0.25) is 0 Å².